The Kier molecular flexibility index (Phi) is 3.43. The molecule has 14 heavy (non-hydrogen) atoms. The van der Waals surface area contributed by atoms with E-state index in [2.05, 4.69) is 5.32 Å². The van der Waals surface area contributed by atoms with E-state index in [1.54, 1.807) is 0 Å². The zero-order valence-corrected chi connectivity index (χ0v) is 8.82. The van der Waals surface area contributed by atoms with Gasteiger partial charge in [0.25, 0.3) is 0 Å². The molecule has 3 N–H and O–H groups in total. The van der Waals surface area contributed by atoms with Crippen LogP contribution in [0.15, 0.2) is 12.1 Å². The van der Waals surface area contributed by atoms with Crippen LogP contribution >= 0.6 is 23.2 Å². The third-order valence-corrected chi connectivity index (χ3v) is 1.97. The molecular weight excluding hydrogens is 227 g/mol. The van der Waals surface area contributed by atoms with Crippen molar-refractivity contribution in [3.8, 4) is 5.75 Å². The van der Waals surface area contributed by atoms with Gasteiger partial charge in [-0.3, -0.25) is 0 Å². The van der Waals surface area contributed by atoms with E-state index in [9.17, 15) is 4.79 Å². The smallest absolute Gasteiger partial charge is 0.316 e. The van der Waals surface area contributed by atoms with Crippen LogP contribution in [0.3, 0.4) is 0 Å². The molecule has 0 unspecified atom stereocenters. The summed E-state index contributed by atoms with van der Waals surface area (Å²) in [6.45, 7) is 0. The Balaban J connectivity index is 3.17. The zero-order valence-electron chi connectivity index (χ0n) is 7.30. The highest BCUT2D eigenvalue weighted by Crippen LogP contribution is 2.35. The first-order chi connectivity index (χ1) is 6.54. The SMILES string of the molecule is COc1c(Cl)cc(Cl)cc1NC(N)=O. The monoisotopic (exact) mass is 234 g/mol. The van der Waals surface area contributed by atoms with Gasteiger partial charge in [-0.05, 0) is 12.1 Å². The van der Waals surface area contributed by atoms with Gasteiger partial charge in [0.15, 0.2) is 5.75 Å². The van der Waals surface area contributed by atoms with Crippen LogP contribution in [0.4, 0.5) is 10.5 Å². The number of ether oxygens (including phenoxy) is 1. The van der Waals surface area contributed by atoms with Crippen LogP contribution in [0, 0.1) is 0 Å². The van der Waals surface area contributed by atoms with E-state index in [4.69, 9.17) is 33.7 Å². The summed E-state index contributed by atoms with van der Waals surface area (Å²) in [6, 6.07) is 2.30. The zero-order chi connectivity index (χ0) is 10.7. The summed E-state index contributed by atoms with van der Waals surface area (Å²) in [5, 5.41) is 3.05. The second kappa shape index (κ2) is 4.39. The Labute approximate surface area is 90.9 Å². The van der Waals surface area contributed by atoms with Gasteiger partial charge in [-0.1, -0.05) is 23.2 Å². The average Bonchev–Trinajstić information content (AvgIpc) is 2.01. The van der Waals surface area contributed by atoms with E-state index < -0.39 is 6.03 Å². The van der Waals surface area contributed by atoms with Crippen LogP contribution in [-0.4, -0.2) is 13.1 Å². The number of urea groups is 1. The lowest BCUT2D eigenvalue weighted by Gasteiger charge is -2.10. The predicted molar refractivity (Wildman–Crippen MR) is 56.2 cm³/mol. The number of hydrogen-bond donors (Lipinski definition) is 2. The molecule has 0 spiro atoms. The van der Waals surface area contributed by atoms with Gasteiger partial charge in [0, 0.05) is 5.02 Å². The number of benzene rings is 1. The number of carbonyl (C=O) groups excluding carboxylic acids is 1. The third kappa shape index (κ3) is 2.43. The number of methoxy groups -OCH3 is 1. The Bertz CT molecular complexity index is 369. The van der Waals surface area contributed by atoms with Gasteiger partial charge in [-0.15, -0.1) is 0 Å². The van der Waals surface area contributed by atoms with Gasteiger partial charge in [0.2, 0.25) is 0 Å². The predicted octanol–water partition coefficient (Wildman–Crippen LogP) is 2.49. The molecule has 0 aliphatic heterocycles. The lowest BCUT2D eigenvalue weighted by atomic mass is 10.3. The van der Waals surface area contributed by atoms with Crippen molar-refractivity contribution in [3.05, 3.63) is 22.2 Å². The fourth-order valence-corrected chi connectivity index (χ4v) is 1.56. The number of hydrogen-bond acceptors (Lipinski definition) is 2. The molecule has 0 aliphatic rings. The third-order valence-electron chi connectivity index (χ3n) is 1.47. The normalized spacial score (nSPS) is 9.64. The second-order valence-electron chi connectivity index (χ2n) is 2.46. The summed E-state index contributed by atoms with van der Waals surface area (Å²) >= 11 is 11.5. The van der Waals surface area contributed by atoms with E-state index in [1.165, 1.54) is 19.2 Å². The lowest BCUT2D eigenvalue weighted by Crippen LogP contribution is -2.19. The average molecular weight is 235 g/mol. The molecule has 0 bridgehead atoms. The first-order valence-electron chi connectivity index (χ1n) is 3.64. The number of nitrogens with one attached hydrogen (secondary N) is 1. The van der Waals surface area contributed by atoms with Gasteiger partial charge < -0.3 is 15.8 Å². The summed E-state index contributed by atoms with van der Waals surface area (Å²) < 4.78 is 4.97. The van der Waals surface area contributed by atoms with Gasteiger partial charge in [0.1, 0.15) is 0 Å². The van der Waals surface area contributed by atoms with Crippen molar-refractivity contribution in [2.75, 3.05) is 12.4 Å². The molecule has 0 saturated heterocycles. The summed E-state index contributed by atoms with van der Waals surface area (Å²) in [5.41, 5.74) is 5.30. The maximum Gasteiger partial charge on any atom is 0.316 e. The highest BCUT2D eigenvalue weighted by Gasteiger charge is 2.10. The van der Waals surface area contributed by atoms with E-state index in [0.717, 1.165) is 0 Å². The van der Waals surface area contributed by atoms with Crippen LogP contribution in [0.2, 0.25) is 10.0 Å². The molecule has 0 saturated carbocycles. The maximum absolute atomic E-state index is 10.6. The number of amides is 2. The van der Waals surface area contributed by atoms with Crippen LogP contribution < -0.4 is 15.8 Å². The molecule has 0 aliphatic carbocycles. The van der Waals surface area contributed by atoms with Crippen LogP contribution in [-0.2, 0) is 0 Å². The van der Waals surface area contributed by atoms with Crippen molar-refractivity contribution < 1.29 is 9.53 Å². The van der Waals surface area contributed by atoms with Gasteiger partial charge in [-0.25, -0.2) is 4.79 Å². The Morgan fingerprint density at radius 1 is 1.50 bits per heavy atom. The van der Waals surface area contributed by atoms with Crippen LogP contribution in [0.5, 0.6) is 5.75 Å². The first-order valence-corrected chi connectivity index (χ1v) is 4.39. The Morgan fingerprint density at radius 2 is 2.14 bits per heavy atom. The quantitative estimate of drug-likeness (QED) is 0.826. The molecule has 0 radical (unpaired) electrons. The first kappa shape index (κ1) is 10.9. The fraction of sp³-hybridized carbons (Fsp3) is 0.125. The number of primary amides is 1. The molecule has 76 valence electrons. The minimum atomic E-state index is -0.707. The largest absolute Gasteiger partial charge is 0.493 e. The van der Waals surface area contributed by atoms with E-state index in [1.807, 2.05) is 0 Å². The van der Waals surface area contributed by atoms with Gasteiger partial charge in [0.05, 0.1) is 17.8 Å². The van der Waals surface area contributed by atoms with Crippen LogP contribution in [0.1, 0.15) is 0 Å². The molecule has 6 heteroatoms. The van der Waals surface area contributed by atoms with E-state index >= 15 is 0 Å². The summed E-state index contributed by atoms with van der Waals surface area (Å²) in [7, 11) is 1.43. The standard InChI is InChI=1S/C8H8Cl2N2O2/c1-14-7-5(10)2-4(9)3-6(7)12-8(11)13/h2-3H,1H3,(H3,11,12,13). The maximum atomic E-state index is 10.6. The molecule has 4 nitrogen and oxygen atoms in total. The van der Waals surface area contributed by atoms with Crippen molar-refractivity contribution in [2.24, 2.45) is 5.73 Å². The molecule has 0 atom stereocenters. The minimum Gasteiger partial charge on any atom is -0.493 e. The van der Waals surface area contributed by atoms with E-state index in [-0.39, 0.29) is 0 Å². The minimum absolute atomic E-state index is 0.309. The number of halogens is 2. The number of nitrogens with two attached hydrogens (primary N) is 1. The number of rotatable bonds is 2. The Morgan fingerprint density at radius 3 is 2.64 bits per heavy atom. The van der Waals surface area contributed by atoms with Gasteiger partial charge >= 0.3 is 6.03 Å². The number of carbonyl (C=O) groups is 1. The fourth-order valence-electron chi connectivity index (χ4n) is 0.993. The topological polar surface area (TPSA) is 64.3 Å². The second-order valence-corrected chi connectivity index (χ2v) is 3.30. The van der Waals surface area contributed by atoms with Crippen molar-refractivity contribution in [1.82, 2.24) is 0 Å². The molecule has 1 aromatic rings. The van der Waals surface area contributed by atoms with Crippen molar-refractivity contribution in [2.45, 2.75) is 0 Å². The molecule has 2 amide bonds. The summed E-state index contributed by atoms with van der Waals surface area (Å²) in [6.07, 6.45) is 0. The van der Waals surface area contributed by atoms with E-state index in [0.29, 0.717) is 21.5 Å². The lowest BCUT2D eigenvalue weighted by molar-refractivity contribution is 0.259. The van der Waals surface area contributed by atoms with Gasteiger partial charge in [-0.2, -0.15) is 0 Å². The number of anilines is 1. The summed E-state index contributed by atoms with van der Waals surface area (Å²) in [4.78, 5) is 10.6. The summed E-state index contributed by atoms with van der Waals surface area (Å²) in [5.74, 6) is 0.329. The molecule has 0 heterocycles. The van der Waals surface area contributed by atoms with Crippen molar-refractivity contribution in [3.63, 3.8) is 0 Å². The molecule has 1 rings (SSSR count). The van der Waals surface area contributed by atoms with Crippen molar-refractivity contribution >= 4 is 34.9 Å². The van der Waals surface area contributed by atoms with Crippen molar-refractivity contribution in [1.29, 1.82) is 0 Å². The highest BCUT2D eigenvalue weighted by molar-refractivity contribution is 6.36. The molecule has 1 aromatic carbocycles. The Hall–Kier alpha value is -1.13. The molecular formula is C8H8Cl2N2O2. The van der Waals surface area contributed by atoms with Crippen LogP contribution in [0.25, 0.3) is 0 Å². The molecule has 0 fully saturated rings. The molecule has 0 aromatic heterocycles. The highest BCUT2D eigenvalue weighted by atomic mass is 35.5.